The molecule has 154 valence electrons. The van der Waals surface area contributed by atoms with E-state index in [1.165, 1.54) is 17.3 Å². The van der Waals surface area contributed by atoms with Crippen LogP contribution in [-0.2, 0) is 26.0 Å². The van der Waals surface area contributed by atoms with Gasteiger partial charge in [-0.2, -0.15) is 0 Å². The summed E-state index contributed by atoms with van der Waals surface area (Å²) in [6, 6.07) is 11.9. The third-order valence-corrected chi connectivity index (χ3v) is 6.81. The molecule has 1 heterocycles. The Kier molecular flexibility index (Phi) is 5.93. The van der Waals surface area contributed by atoms with E-state index in [-0.39, 0.29) is 23.8 Å². The van der Waals surface area contributed by atoms with E-state index in [1.807, 2.05) is 13.0 Å². The van der Waals surface area contributed by atoms with Gasteiger partial charge in [0.05, 0.1) is 10.6 Å². The van der Waals surface area contributed by atoms with E-state index in [1.54, 1.807) is 35.2 Å². The van der Waals surface area contributed by atoms with Crippen LogP contribution in [0.1, 0.15) is 30.9 Å². The largest absolute Gasteiger partial charge is 0.370 e. The van der Waals surface area contributed by atoms with Gasteiger partial charge in [-0.1, -0.05) is 12.1 Å². The summed E-state index contributed by atoms with van der Waals surface area (Å²) < 4.78 is 28.1. The highest BCUT2D eigenvalue weighted by atomic mass is 32.2. The van der Waals surface area contributed by atoms with Crippen LogP contribution in [0.4, 0.5) is 11.4 Å². The van der Waals surface area contributed by atoms with Crippen molar-refractivity contribution in [2.24, 2.45) is 5.73 Å². The summed E-state index contributed by atoms with van der Waals surface area (Å²) in [7, 11) is -3.92. The van der Waals surface area contributed by atoms with E-state index >= 15 is 0 Å². The number of benzene rings is 2. The number of anilines is 2. The first-order valence-corrected chi connectivity index (χ1v) is 10.9. The molecule has 0 aliphatic carbocycles. The number of fused-ring (bicyclic) bond motifs is 1. The fourth-order valence-electron chi connectivity index (χ4n) is 3.57. The van der Waals surface area contributed by atoms with E-state index in [2.05, 4.69) is 0 Å². The lowest BCUT2D eigenvalue weighted by atomic mass is 10.0. The van der Waals surface area contributed by atoms with Crippen LogP contribution in [0.15, 0.2) is 47.4 Å². The minimum absolute atomic E-state index is 0.0439. The van der Waals surface area contributed by atoms with Crippen LogP contribution < -0.4 is 14.9 Å². The quantitative estimate of drug-likeness (QED) is 0.783. The molecule has 0 aromatic heterocycles. The zero-order valence-corrected chi connectivity index (χ0v) is 17.4. The number of hydrogen-bond donors (Lipinski definition) is 1. The maximum Gasteiger partial charge on any atom is 0.264 e. The molecule has 0 radical (unpaired) electrons. The minimum atomic E-state index is -3.92. The normalized spacial score (nSPS) is 13.7. The molecule has 3 rings (SSSR count). The lowest BCUT2D eigenvalue weighted by Gasteiger charge is -2.30. The average molecular weight is 416 g/mol. The first-order valence-electron chi connectivity index (χ1n) is 9.49. The van der Waals surface area contributed by atoms with Gasteiger partial charge in [0.25, 0.3) is 10.0 Å². The Morgan fingerprint density at radius 2 is 1.93 bits per heavy atom. The van der Waals surface area contributed by atoms with Gasteiger partial charge in [-0.3, -0.25) is 13.9 Å². The molecule has 0 bridgehead atoms. The third kappa shape index (κ3) is 4.42. The van der Waals surface area contributed by atoms with Crippen LogP contribution in [0.3, 0.4) is 0 Å². The molecule has 0 fully saturated rings. The smallest absolute Gasteiger partial charge is 0.264 e. The number of hydrogen-bond acceptors (Lipinski definition) is 4. The van der Waals surface area contributed by atoms with Gasteiger partial charge in [-0.25, -0.2) is 8.42 Å². The molecule has 2 aromatic carbocycles. The number of sulfonamides is 1. The standard InChI is InChI=1S/C21H25N3O4S/c1-15-5-3-7-18(13-15)24(12-10-21(22)26)29(27,28)19-8-9-20-17(14-19)6-4-11-23(20)16(2)25/h3,5,7-9,13-14H,4,6,10-12H2,1-2H3,(H2,22,26). The second-order valence-corrected chi connectivity index (χ2v) is 9.06. The van der Waals surface area contributed by atoms with Gasteiger partial charge < -0.3 is 10.6 Å². The highest BCUT2D eigenvalue weighted by molar-refractivity contribution is 7.92. The summed E-state index contributed by atoms with van der Waals surface area (Å²) in [6.07, 6.45) is 1.39. The topological polar surface area (TPSA) is 101 Å². The second kappa shape index (κ2) is 8.24. The van der Waals surface area contributed by atoms with Crippen molar-refractivity contribution in [1.82, 2.24) is 0 Å². The summed E-state index contributed by atoms with van der Waals surface area (Å²) in [5.74, 6) is -0.634. The Bertz CT molecular complexity index is 1050. The van der Waals surface area contributed by atoms with Crippen molar-refractivity contribution in [2.45, 2.75) is 38.0 Å². The molecule has 1 aliphatic rings. The molecule has 8 heteroatoms. The van der Waals surface area contributed by atoms with Gasteiger partial charge in [0.1, 0.15) is 0 Å². The van der Waals surface area contributed by atoms with Crippen molar-refractivity contribution in [1.29, 1.82) is 0 Å². The van der Waals surface area contributed by atoms with Gasteiger partial charge in [-0.15, -0.1) is 0 Å². The Labute approximate surface area is 171 Å². The zero-order chi connectivity index (χ0) is 21.2. The molecule has 0 saturated heterocycles. The molecule has 2 amide bonds. The number of nitrogens with zero attached hydrogens (tertiary/aromatic N) is 2. The van der Waals surface area contributed by atoms with Crippen molar-refractivity contribution in [3.8, 4) is 0 Å². The van der Waals surface area contributed by atoms with Gasteiger partial charge in [0, 0.05) is 32.1 Å². The van der Waals surface area contributed by atoms with Gasteiger partial charge in [-0.05, 0) is 61.2 Å². The number of aryl methyl sites for hydroxylation is 2. The number of amides is 2. The van der Waals surface area contributed by atoms with E-state index in [0.717, 1.165) is 23.2 Å². The number of rotatable bonds is 6. The molecule has 1 aliphatic heterocycles. The Morgan fingerprint density at radius 1 is 1.17 bits per heavy atom. The first kappa shape index (κ1) is 20.9. The van der Waals surface area contributed by atoms with E-state index in [4.69, 9.17) is 5.73 Å². The fourth-order valence-corrected chi connectivity index (χ4v) is 5.08. The monoisotopic (exact) mass is 415 g/mol. The fraction of sp³-hybridized carbons (Fsp3) is 0.333. The van der Waals surface area contributed by atoms with Crippen LogP contribution in [0.25, 0.3) is 0 Å². The van der Waals surface area contributed by atoms with Crippen LogP contribution in [0, 0.1) is 6.92 Å². The van der Waals surface area contributed by atoms with Gasteiger partial charge >= 0.3 is 0 Å². The van der Waals surface area contributed by atoms with E-state index < -0.39 is 15.9 Å². The predicted molar refractivity (Wildman–Crippen MR) is 112 cm³/mol. The molecular formula is C21H25N3O4S. The molecule has 2 aromatic rings. The maximum atomic E-state index is 13.5. The maximum absolute atomic E-state index is 13.5. The molecule has 29 heavy (non-hydrogen) atoms. The van der Waals surface area contributed by atoms with Crippen molar-refractivity contribution >= 4 is 33.2 Å². The molecular weight excluding hydrogens is 390 g/mol. The van der Waals surface area contributed by atoms with E-state index in [0.29, 0.717) is 18.7 Å². The molecule has 2 N–H and O–H groups in total. The summed E-state index contributed by atoms with van der Waals surface area (Å²) in [6.45, 7) is 3.96. The first-order chi connectivity index (χ1) is 13.7. The number of carbonyl (C=O) groups excluding carboxylic acids is 2. The zero-order valence-electron chi connectivity index (χ0n) is 16.6. The summed E-state index contributed by atoms with van der Waals surface area (Å²) >= 11 is 0. The van der Waals surface area contributed by atoms with E-state index in [9.17, 15) is 18.0 Å². The molecule has 0 spiro atoms. The van der Waals surface area contributed by atoms with Crippen LogP contribution in [-0.4, -0.2) is 33.3 Å². The summed E-state index contributed by atoms with van der Waals surface area (Å²) in [5.41, 5.74) is 8.23. The van der Waals surface area contributed by atoms with Gasteiger partial charge in [0.2, 0.25) is 11.8 Å². The van der Waals surface area contributed by atoms with Crippen molar-refractivity contribution in [3.63, 3.8) is 0 Å². The SMILES string of the molecule is CC(=O)N1CCCc2cc(S(=O)(=O)N(CCC(N)=O)c3cccc(C)c3)ccc21. The predicted octanol–water partition coefficient (Wildman–Crippen LogP) is 2.36. The Balaban J connectivity index is 2.04. The average Bonchev–Trinajstić information content (AvgIpc) is 2.66. The Hall–Kier alpha value is -2.87. The lowest BCUT2D eigenvalue weighted by Crippen LogP contribution is -2.35. The molecule has 0 saturated carbocycles. The highest BCUT2D eigenvalue weighted by Gasteiger charge is 2.28. The third-order valence-electron chi connectivity index (χ3n) is 4.99. The van der Waals surface area contributed by atoms with Crippen molar-refractivity contribution in [2.75, 3.05) is 22.3 Å². The summed E-state index contributed by atoms with van der Waals surface area (Å²) in [4.78, 5) is 25.0. The molecule has 0 unspecified atom stereocenters. The van der Waals surface area contributed by atoms with Crippen LogP contribution in [0.5, 0.6) is 0 Å². The van der Waals surface area contributed by atoms with Crippen molar-refractivity contribution < 1.29 is 18.0 Å². The second-order valence-electron chi connectivity index (χ2n) is 7.20. The van der Waals surface area contributed by atoms with Crippen LogP contribution >= 0.6 is 0 Å². The number of primary amides is 1. The molecule has 0 atom stereocenters. The minimum Gasteiger partial charge on any atom is -0.370 e. The lowest BCUT2D eigenvalue weighted by molar-refractivity contribution is -0.118. The van der Waals surface area contributed by atoms with Crippen molar-refractivity contribution in [3.05, 3.63) is 53.6 Å². The van der Waals surface area contributed by atoms with Crippen LogP contribution in [0.2, 0.25) is 0 Å². The highest BCUT2D eigenvalue weighted by Crippen LogP contribution is 2.32. The summed E-state index contributed by atoms with van der Waals surface area (Å²) in [5, 5.41) is 0. The van der Waals surface area contributed by atoms with Gasteiger partial charge in [0.15, 0.2) is 0 Å². The number of nitrogens with two attached hydrogens (primary N) is 1. The Morgan fingerprint density at radius 3 is 2.59 bits per heavy atom. The number of carbonyl (C=O) groups is 2. The molecule has 7 nitrogen and oxygen atoms in total.